The number of anilines is 2. The zero-order valence-electron chi connectivity index (χ0n) is 11.7. The number of benzene rings is 1. The van der Waals surface area contributed by atoms with E-state index in [0.29, 0.717) is 22.8 Å². The number of hydrogen-bond acceptors (Lipinski definition) is 4. The quantitative estimate of drug-likeness (QED) is 0.903. The Balaban J connectivity index is 2.25. The zero-order chi connectivity index (χ0) is 15.2. The predicted octanol–water partition coefficient (Wildman–Crippen LogP) is 2.30. The van der Waals surface area contributed by atoms with Crippen LogP contribution in [0.2, 0.25) is 0 Å². The number of nitrogens with one attached hydrogen (secondary N) is 2. The van der Waals surface area contributed by atoms with Crippen LogP contribution in [-0.4, -0.2) is 23.9 Å². The summed E-state index contributed by atoms with van der Waals surface area (Å²) in [6, 6.07) is 10.1. The maximum absolute atomic E-state index is 12.1. The van der Waals surface area contributed by atoms with Gasteiger partial charge in [-0.1, -0.05) is 6.07 Å². The molecule has 2 N–H and O–H groups in total. The molecule has 0 atom stereocenters. The summed E-state index contributed by atoms with van der Waals surface area (Å²) in [5.41, 5.74) is 1.32. The Morgan fingerprint density at radius 2 is 1.95 bits per heavy atom. The lowest BCUT2D eigenvalue weighted by molar-refractivity contribution is -0.114. The molecule has 0 unspecified atom stereocenters. The van der Waals surface area contributed by atoms with Crippen molar-refractivity contribution in [2.24, 2.45) is 0 Å². The highest BCUT2D eigenvalue weighted by atomic mass is 16.5. The third-order valence-corrected chi connectivity index (χ3v) is 2.67. The number of carbonyl (C=O) groups excluding carboxylic acids is 2. The Bertz CT molecular complexity index is 656. The van der Waals surface area contributed by atoms with Gasteiger partial charge in [0.15, 0.2) is 0 Å². The number of hydrogen-bond donors (Lipinski definition) is 2. The van der Waals surface area contributed by atoms with Crippen LogP contribution in [-0.2, 0) is 4.79 Å². The zero-order valence-corrected chi connectivity index (χ0v) is 11.7. The summed E-state index contributed by atoms with van der Waals surface area (Å²) in [6.07, 6.45) is 1.54. The van der Waals surface area contributed by atoms with Gasteiger partial charge in [-0.25, -0.2) is 0 Å². The van der Waals surface area contributed by atoms with Crippen molar-refractivity contribution in [1.29, 1.82) is 0 Å². The summed E-state index contributed by atoms with van der Waals surface area (Å²) in [7, 11) is 1.50. The van der Waals surface area contributed by atoms with Gasteiger partial charge >= 0.3 is 0 Å². The third-order valence-electron chi connectivity index (χ3n) is 2.67. The second kappa shape index (κ2) is 6.51. The smallest absolute Gasteiger partial charge is 0.274 e. The first-order valence-electron chi connectivity index (χ1n) is 6.28. The number of amides is 2. The minimum Gasteiger partial charge on any atom is -0.495 e. The van der Waals surface area contributed by atoms with Crippen molar-refractivity contribution in [3.63, 3.8) is 0 Å². The van der Waals surface area contributed by atoms with E-state index in [4.69, 9.17) is 4.74 Å². The van der Waals surface area contributed by atoms with Crippen LogP contribution in [0.1, 0.15) is 17.4 Å². The maximum Gasteiger partial charge on any atom is 0.274 e. The van der Waals surface area contributed by atoms with Crippen LogP contribution in [0.4, 0.5) is 11.4 Å². The van der Waals surface area contributed by atoms with Gasteiger partial charge in [0.2, 0.25) is 5.91 Å². The summed E-state index contributed by atoms with van der Waals surface area (Å²) < 4.78 is 5.19. The van der Waals surface area contributed by atoms with Crippen LogP contribution < -0.4 is 15.4 Å². The molecular formula is C15H15N3O3. The highest BCUT2D eigenvalue weighted by Crippen LogP contribution is 2.28. The fourth-order valence-corrected chi connectivity index (χ4v) is 1.77. The normalized spacial score (nSPS) is 9.81. The molecular weight excluding hydrogens is 270 g/mol. The van der Waals surface area contributed by atoms with Crippen molar-refractivity contribution in [2.45, 2.75) is 6.92 Å². The molecule has 2 amide bonds. The number of methoxy groups -OCH3 is 1. The Kier molecular flexibility index (Phi) is 4.50. The van der Waals surface area contributed by atoms with E-state index >= 15 is 0 Å². The fraction of sp³-hybridized carbons (Fsp3) is 0.133. The lowest BCUT2D eigenvalue weighted by Crippen LogP contribution is -2.14. The number of aromatic nitrogens is 1. The summed E-state index contributed by atoms with van der Waals surface area (Å²) in [4.78, 5) is 27.2. The highest BCUT2D eigenvalue weighted by Gasteiger charge is 2.11. The lowest BCUT2D eigenvalue weighted by Gasteiger charge is -2.12. The summed E-state index contributed by atoms with van der Waals surface area (Å²) in [5.74, 6) is -0.0515. The summed E-state index contributed by atoms with van der Waals surface area (Å²) >= 11 is 0. The van der Waals surface area contributed by atoms with Gasteiger partial charge in [0.1, 0.15) is 11.4 Å². The molecule has 0 fully saturated rings. The topological polar surface area (TPSA) is 80.3 Å². The number of pyridine rings is 1. The largest absolute Gasteiger partial charge is 0.495 e. The molecule has 0 spiro atoms. The average Bonchev–Trinajstić information content (AvgIpc) is 2.48. The van der Waals surface area contributed by atoms with Crippen molar-refractivity contribution in [3.05, 3.63) is 48.3 Å². The van der Waals surface area contributed by atoms with E-state index in [0.717, 1.165) is 0 Å². The first-order chi connectivity index (χ1) is 10.1. The van der Waals surface area contributed by atoms with Gasteiger partial charge in [-0.3, -0.25) is 14.6 Å². The van der Waals surface area contributed by atoms with Gasteiger partial charge in [0.25, 0.3) is 5.91 Å². The van der Waals surface area contributed by atoms with Crippen LogP contribution in [0, 0.1) is 0 Å². The van der Waals surface area contributed by atoms with E-state index in [1.165, 1.54) is 14.0 Å². The first-order valence-corrected chi connectivity index (χ1v) is 6.28. The molecule has 1 heterocycles. The molecule has 2 aromatic rings. The Hall–Kier alpha value is -2.89. The number of nitrogens with zero attached hydrogens (tertiary/aromatic N) is 1. The molecule has 0 aliphatic carbocycles. The third kappa shape index (κ3) is 3.79. The Morgan fingerprint density at radius 1 is 1.14 bits per heavy atom. The van der Waals surface area contributed by atoms with Gasteiger partial charge < -0.3 is 15.4 Å². The molecule has 1 aromatic carbocycles. The standard InChI is InChI=1S/C15H15N3O3/c1-10(19)17-11-6-7-14(21-2)13(9-11)18-15(20)12-5-3-4-8-16-12/h3-9H,1-2H3,(H,17,19)(H,18,20). The van der Waals surface area contributed by atoms with E-state index in [-0.39, 0.29) is 11.8 Å². The van der Waals surface area contributed by atoms with Crippen LogP contribution in [0.15, 0.2) is 42.6 Å². The van der Waals surface area contributed by atoms with Crippen LogP contribution in [0.5, 0.6) is 5.75 Å². The molecule has 0 aliphatic rings. The Labute approximate surface area is 122 Å². The van der Waals surface area contributed by atoms with Gasteiger partial charge in [-0.15, -0.1) is 0 Å². The van der Waals surface area contributed by atoms with Crippen LogP contribution >= 0.6 is 0 Å². The summed E-state index contributed by atoms with van der Waals surface area (Å²) in [5, 5.41) is 5.36. The Morgan fingerprint density at radius 3 is 2.57 bits per heavy atom. The van der Waals surface area contributed by atoms with Crippen LogP contribution in [0.3, 0.4) is 0 Å². The predicted molar refractivity (Wildman–Crippen MR) is 79.5 cm³/mol. The van der Waals surface area contributed by atoms with Crippen molar-refractivity contribution >= 4 is 23.2 Å². The molecule has 108 valence electrons. The molecule has 6 nitrogen and oxygen atoms in total. The molecule has 0 aliphatic heterocycles. The fourth-order valence-electron chi connectivity index (χ4n) is 1.77. The second-order valence-electron chi connectivity index (χ2n) is 4.27. The van der Waals surface area contributed by atoms with E-state index in [1.807, 2.05) is 0 Å². The monoisotopic (exact) mass is 285 g/mol. The van der Waals surface area contributed by atoms with Crippen molar-refractivity contribution in [3.8, 4) is 5.75 Å². The van der Waals surface area contributed by atoms with Crippen LogP contribution in [0.25, 0.3) is 0 Å². The minimum atomic E-state index is -0.353. The van der Waals surface area contributed by atoms with Crippen molar-refractivity contribution < 1.29 is 14.3 Å². The number of ether oxygens (including phenoxy) is 1. The van der Waals surface area contributed by atoms with E-state index in [2.05, 4.69) is 15.6 Å². The molecule has 21 heavy (non-hydrogen) atoms. The van der Waals surface area contributed by atoms with Gasteiger partial charge in [-0.05, 0) is 30.3 Å². The minimum absolute atomic E-state index is 0.192. The molecule has 0 saturated carbocycles. The molecule has 0 radical (unpaired) electrons. The van der Waals surface area contributed by atoms with Gasteiger partial charge in [0, 0.05) is 18.8 Å². The van der Waals surface area contributed by atoms with E-state index in [1.54, 1.807) is 42.6 Å². The average molecular weight is 285 g/mol. The molecule has 0 bridgehead atoms. The number of carbonyl (C=O) groups is 2. The molecule has 6 heteroatoms. The number of rotatable bonds is 4. The maximum atomic E-state index is 12.1. The lowest BCUT2D eigenvalue weighted by atomic mass is 10.2. The second-order valence-corrected chi connectivity index (χ2v) is 4.27. The SMILES string of the molecule is COc1ccc(NC(C)=O)cc1NC(=O)c1ccccn1. The molecule has 0 saturated heterocycles. The summed E-state index contributed by atoms with van der Waals surface area (Å²) in [6.45, 7) is 1.41. The van der Waals surface area contributed by atoms with Crippen molar-refractivity contribution in [1.82, 2.24) is 4.98 Å². The van der Waals surface area contributed by atoms with E-state index in [9.17, 15) is 9.59 Å². The van der Waals surface area contributed by atoms with Gasteiger partial charge in [-0.2, -0.15) is 0 Å². The molecule has 2 rings (SSSR count). The highest BCUT2D eigenvalue weighted by molar-refractivity contribution is 6.04. The first kappa shape index (κ1) is 14.5. The molecule has 1 aromatic heterocycles. The van der Waals surface area contributed by atoms with Gasteiger partial charge in [0.05, 0.1) is 12.8 Å². The van der Waals surface area contributed by atoms with Crippen molar-refractivity contribution in [2.75, 3.05) is 17.7 Å². The van der Waals surface area contributed by atoms with E-state index < -0.39 is 0 Å².